The van der Waals surface area contributed by atoms with Crippen LogP contribution in [-0.4, -0.2) is 28.0 Å². The van der Waals surface area contributed by atoms with E-state index in [9.17, 15) is 14.4 Å². The maximum atomic E-state index is 13.2. The van der Waals surface area contributed by atoms with Gasteiger partial charge in [-0.25, -0.2) is 4.79 Å². The van der Waals surface area contributed by atoms with Gasteiger partial charge in [0.2, 0.25) is 0 Å². The molecule has 182 valence electrons. The molecular weight excluding hydrogens is 544 g/mol. The number of carbonyl (C=O) groups is 3. The number of anilines is 1. The van der Waals surface area contributed by atoms with Gasteiger partial charge in [-0.3, -0.25) is 19.8 Å². The van der Waals surface area contributed by atoms with Crippen LogP contribution in [-0.2, 0) is 22.6 Å². The lowest BCUT2D eigenvalue weighted by atomic mass is 10.1. The Morgan fingerprint density at radius 2 is 1.72 bits per heavy atom. The number of hydrogen-bond donors (Lipinski definition) is 2. The number of thiocarbonyl (C=S) groups is 1. The summed E-state index contributed by atoms with van der Waals surface area (Å²) >= 11 is 8.73. The zero-order valence-corrected chi connectivity index (χ0v) is 21.6. The fraction of sp³-hybridized carbons (Fsp3) is 0.111. The van der Waals surface area contributed by atoms with E-state index < -0.39 is 17.8 Å². The van der Waals surface area contributed by atoms with Crippen LogP contribution >= 0.6 is 28.1 Å². The molecule has 36 heavy (non-hydrogen) atoms. The van der Waals surface area contributed by atoms with E-state index in [0.29, 0.717) is 21.5 Å². The highest BCUT2D eigenvalue weighted by atomic mass is 79.9. The third-order valence-corrected chi connectivity index (χ3v) is 6.47. The second-order valence-electron chi connectivity index (χ2n) is 7.96. The predicted octanol–water partition coefficient (Wildman–Crippen LogP) is 5.12. The monoisotopic (exact) mass is 564 g/mol. The van der Waals surface area contributed by atoms with Crippen LogP contribution in [0.2, 0.25) is 0 Å². The molecule has 1 saturated heterocycles. The van der Waals surface area contributed by atoms with Crippen LogP contribution in [0.5, 0.6) is 5.75 Å². The number of ether oxygens (including phenoxy) is 1. The van der Waals surface area contributed by atoms with E-state index in [-0.39, 0.29) is 22.9 Å². The lowest BCUT2D eigenvalue weighted by molar-refractivity contribution is -0.122. The molecule has 1 aliphatic rings. The number of carboxylic acid groups (broad SMARTS) is 1. The van der Waals surface area contributed by atoms with Gasteiger partial charge in [0.25, 0.3) is 11.8 Å². The number of halogens is 1. The molecule has 0 unspecified atom stereocenters. The van der Waals surface area contributed by atoms with Crippen LogP contribution in [0.4, 0.5) is 5.69 Å². The van der Waals surface area contributed by atoms with Gasteiger partial charge in [0.05, 0.1) is 15.7 Å². The second-order valence-corrected chi connectivity index (χ2v) is 9.20. The number of hydrogen-bond acceptors (Lipinski definition) is 5. The summed E-state index contributed by atoms with van der Waals surface area (Å²) in [4.78, 5) is 38.1. The summed E-state index contributed by atoms with van der Waals surface area (Å²) in [5, 5.41) is 11.6. The van der Waals surface area contributed by atoms with Crippen LogP contribution in [0, 0.1) is 0 Å². The number of amides is 2. The molecular formula is C27H21BrN2O5S. The summed E-state index contributed by atoms with van der Waals surface area (Å²) in [5.41, 5.74) is 3.30. The Bertz CT molecular complexity index is 1380. The first-order chi connectivity index (χ1) is 17.3. The molecule has 0 aromatic heterocycles. The zero-order chi connectivity index (χ0) is 25.8. The van der Waals surface area contributed by atoms with Crippen molar-refractivity contribution in [2.45, 2.75) is 20.0 Å². The van der Waals surface area contributed by atoms with Gasteiger partial charge < -0.3 is 9.84 Å². The number of aromatic carboxylic acids is 1. The van der Waals surface area contributed by atoms with E-state index in [2.05, 4.69) is 21.2 Å². The molecule has 0 bridgehead atoms. The van der Waals surface area contributed by atoms with Crippen LogP contribution in [0.1, 0.15) is 34.0 Å². The number of rotatable bonds is 7. The smallest absolute Gasteiger partial charge is 0.335 e. The Morgan fingerprint density at radius 3 is 2.33 bits per heavy atom. The average molecular weight is 565 g/mol. The molecule has 2 amide bonds. The van der Waals surface area contributed by atoms with E-state index in [1.54, 1.807) is 42.5 Å². The Kier molecular flexibility index (Phi) is 7.61. The summed E-state index contributed by atoms with van der Waals surface area (Å²) < 4.78 is 6.46. The van der Waals surface area contributed by atoms with Crippen molar-refractivity contribution in [3.05, 3.63) is 99.0 Å². The first-order valence-electron chi connectivity index (χ1n) is 11.0. The number of aryl methyl sites for hydroxylation is 1. The van der Waals surface area contributed by atoms with Gasteiger partial charge in [-0.2, -0.15) is 0 Å². The minimum atomic E-state index is -0.987. The van der Waals surface area contributed by atoms with Crippen molar-refractivity contribution in [1.29, 1.82) is 0 Å². The minimum absolute atomic E-state index is 0.0349. The molecule has 0 atom stereocenters. The van der Waals surface area contributed by atoms with E-state index in [4.69, 9.17) is 22.1 Å². The maximum absolute atomic E-state index is 13.2. The van der Waals surface area contributed by atoms with Crippen LogP contribution in [0.15, 0.2) is 76.8 Å². The summed E-state index contributed by atoms with van der Waals surface area (Å²) in [6, 6.07) is 19.0. The Labute approximate surface area is 221 Å². The summed E-state index contributed by atoms with van der Waals surface area (Å²) in [6.45, 7) is 2.28. The van der Waals surface area contributed by atoms with Gasteiger partial charge >= 0.3 is 5.97 Å². The molecule has 1 aliphatic heterocycles. The highest BCUT2D eigenvalue weighted by Gasteiger charge is 2.34. The van der Waals surface area contributed by atoms with Crippen molar-refractivity contribution in [3.8, 4) is 5.75 Å². The molecule has 1 fully saturated rings. The summed E-state index contributed by atoms with van der Waals surface area (Å²) in [7, 11) is 0. The molecule has 0 radical (unpaired) electrons. The van der Waals surface area contributed by atoms with Crippen LogP contribution < -0.4 is 15.0 Å². The number of nitrogens with zero attached hydrogens (tertiary/aromatic N) is 1. The first-order valence-corrected chi connectivity index (χ1v) is 12.2. The second kappa shape index (κ2) is 10.8. The largest absolute Gasteiger partial charge is 0.488 e. The lowest BCUT2D eigenvalue weighted by Crippen LogP contribution is -2.54. The minimum Gasteiger partial charge on any atom is -0.488 e. The maximum Gasteiger partial charge on any atom is 0.335 e. The molecule has 0 saturated carbocycles. The summed E-state index contributed by atoms with van der Waals surface area (Å²) in [5.74, 6) is -1.50. The number of carbonyl (C=O) groups excluding carboxylic acids is 2. The molecule has 4 rings (SSSR count). The average Bonchev–Trinajstić information content (AvgIpc) is 2.86. The van der Waals surface area contributed by atoms with Gasteiger partial charge in [0.15, 0.2) is 5.11 Å². The van der Waals surface area contributed by atoms with Crippen molar-refractivity contribution >= 4 is 62.8 Å². The van der Waals surface area contributed by atoms with Crippen molar-refractivity contribution < 1.29 is 24.2 Å². The molecule has 3 aromatic rings. The van der Waals surface area contributed by atoms with Gasteiger partial charge in [-0.05, 0) is 93.7 Å². The van der Waals surface area contributed by atoms with Gasteiger partial charge in [0.1, 0.15) is 17.9 Å². The quantitative estimate of drug-likeness (QED) is 0.235. The van der Waals surface area contributed by atoms with Crippen molar-refractivity contribution in [2.24, 2.45) is 0 Å². The molecule has 3 aromatic carbocycles. The number of benzene rings is 3. The van der Waals surface area contributed by atoms with Crippen molar-refractivity contribution in [3.63, 3.8) is 0 Å². The van der Waals surface area contributed by atoms with Gasteiger partial charge in [0, 0.05) is 0 Å². The third kappa shape index (κ3) is 5.53. The SMILES string of the molecule is CCc1ccc(N2C(=O)/C(=C/c3ccc(OCc4ccc(C(=O)O)cc4)c(Br)c3)C(=O)NC2=S)cc1. The molecule has 2 N–H and O–H groups in total. The fourth-order valence-electron chi connectivity index (χ4n) is 3.57. The molecule has 0 spiro atoms. The van der Waals surface area contributed by atoms with E-state index >= 15 is 0 Å². The van der Waals surface area contributed by atoms with E-state index in [1.165, 1.54) is 23.1 Å². The van der Waals surface area contributed by atoms with E-state index in [1.807, 2.05) is 19.1 Å². The lowest BCUT2D eigenvalue weighted by Gasteiger charge is -2.29. The Hall–Kier alpha value is -3.82. The van der Waals surface area contributed by atoms with Crippen LogP contribution in [0.25, 0.3) is 6.08 Å². The standard InChI is InChI=1S/C27H21BrN2O5S/c1-2-16-5-10-20(11-6-16)30-25(32)21(24(31)29-27(30)36)13-18-7-12-23(22(28)14-18)35-15-17-3-8-19(9-4-17)26(33)34/h3-14H,2,15H2,1H3,(H,33,34)(H,29,31,36)/b21-13+. The molecule has 1 heterocycles. The highest BCUT2D eigenvalue weighted by molar-refractivity contribution is 9.10. The van der Waals surface area contributed by atoms with Crippen LogP contribution in [0.3, 0.4) is 0 Å². The molecule has 9 heteroatoms. The topological polar surface area (TPSA) is 95.9 Å². The van der Waals surface area contributed by atoms with E-state index in [0.717, 1.165) is 17.5 Å². The van der Waals surface area contributed by atoms with Crippen molar-refractivity contribution in [2.75, 3.05) is 4.90 Å². The molecule has 0 aliphatic carbocycles. The van der Waals surface area contributed by atoms with Gasteiger partial charge in [-0.1, -0.05) is 37.3 Å². The Balaban J connectivity index is 1.52. The zero-order valence-electron chi connectivity index (χ0n) is 19.2. The Morgan fingerprint density at radius 1 is 1.06 bits per heavy atom. The molecule has 7 nitrogen and oxygen atoms in total. The predicted molar refractivity (Wildman–Crippen MR) is 144 cm³/mol. The summed E-state index contributed by atoms with van der Waals surface area (Å²) in [6.07, 6.45) is 2.37. The third-order valence-electron chi connectivity index (χ3n) is 5.57. The van der Waals surface area contributed by atoms with Crippen molar-refractivity contribution in [1.82, 2.24) is 5.32 Å². The van der Waals surface area contributed by atoms with Gasteiger partial charge in [-0.15, -0.1) is 0 Å². The number of nitrogens with one attached hydrogen (secondary N) is 1. The number of carboxylic acids is 1. The fourth-order valence-corrected chi connectivity index (χ4v) is 4.36. The first kappa shape index (κ1) is 25.3. The highest BCUT2D eigenvalue weighted by Crippen LogP contribution is 2.29. The normalized spacial score (nSPS) is 14.7.